The number of azide groups is 2. The lowest BCUT2D eigenvalue weighted by atomic mass is 9.85. The van der Waals surface area contributed by atoms with E-state index in [-0.39, 0.29) is 44.0 Å². The van der Waals surface area contributed by atoms with Crippen molar-refractivity contribution in [2.45, 2.75) is 91.1 Å². The summed E-state index contributed by atoms with van der Waals surface area (Å²) in [5.74, 6) is -0.0954. The Morgan fingerprint density at radius 3 is 2.10 bits per heavy atom. The molecule has 0 amide bonds. The number of aromatic hydroxyl groups is 2. The fraction of sp³-hybridized carbons (Fsp3) is 0.571. The van der Waals surface area contributed by atoms with Crippen LogP contribution in [0.1, 0.15) is 81.0 Å². The van der Waals surface area contributed by atoms with E-state index in [2.05, 4.69) is 49.5 Å². The van der Waals surface area contributed by atoms with E-state index in [0.717, 1.165) is 25.7 Å². The number of phenols is 2. The Morgan fingerprint density at radius 2 is 1.48 bits per heavy atom. The molecule has 0 spiro atoms. The number of hydrogen-bond donors (Lipinski definition) is 2. The van der Waals surface area contributed by atoms with E-state index in [4.69, 9.17) is 11.1 Å². The highest BCUT2D eigenvalue weighted by Crippen LogP contribution is 2.39. The minimum Gasteiger partial charge on any atom is -0.507 e. The van der Waals surface area contributed by atoms with Crippen molar-refractivity contribution in [3.8, 4) is 11.5 Å². The number of phenolic OH excluding ortho intramolecular Hbond substituents is 2. The maximum atomic E-state index is 12.1. The third kappa shape index (κ3) is 10.9. The van der Waals surface area contributed by atoms with E-state index in [9.17, 15) is 20.0 Å². The molecule has 0 saturated carbocycles. The van der Waals surface area contributed by atoms with Crippen molar-refractivity contribution in [3.63, 3.8) is 0 Å². The normalized spacial score (nSPS) is 13.4. The molecule has 0 aromatic heterocycles. The Labute approximate surface area is 235 Å². The lowest BCUT2D eigenvalue weighted by Gasteiger charge is -2.25. The second kappa shape index (κ2) is 18.2. The van der Waals surface area contributed by atoms with Crippen molar-refractivity contribution in [1.29, 1.82) is 0 Å². The first-order valence-electron chi connectivity index (χ1n) is 13.3. The summed E-state index contributed by atoms with van der Waals surface area (Å²) in [6.45, 7) is 7.37. The molecule has 0 saturated heterocycles. The summed E-state index contributed by atoms with van der Waals surface area (Å²) in [4.78, 5) is 27.7. The number of nitrogens with zero attached hydrogens (tertiary/aromatic N) is 8. The van der Waals surface area contributed by atoms with E-state index >= 15 is 0 Å². The summed E-state index contributed by atoms with van der Waals surface area (Å²) in [6, 6.07) is 0. The van der Waals surface area contributed by atoms with Gasteiger partial charge in [0.05, 0.1) is 19.6 Å². The van der Waals surface area contributed by atoms with Gasteiger partial charge in [-0.15, -0.1) is 0 Å². The average molecular weight is 553 g/mol. The van der Waals surface area contributed by atoms with Gasteiger partial charge in [-0.3, -0.25) is 0 Å². The van der Waals surface area contributed by atoms with Crippen molar-refractivity contribution in [1.82, 2.24) is 0 Å². The number of rotatable bonds is 19. The predicted octanol–water partition coefficient (Wildman–Crippen LogP) is 8.83. The quantitative estimate of drug-likeness (QED) is 0.0431. The Kier molecular flexibility index (Phi) is 15.4. The molecule has 1 atom stereocenters. The highest BCUT2D eigenvalue weighted by atomic mass is 16.3. The first-order chi connectivity index (χ1) is 19.2. The van der Waals surface area contributed by atoms with Crippen molar-refractivity contribution < 1.29 is 10.2 Å². The molecule has 0 heterocycles. The standard InChI is InChI=1S/C28H40N8O4/c1-20(10-6-5-7-17-33-39)11-8-12-21(2)13-9-15-28(34-40,19-32-36-30)16-14-24-22(3)26(37)23(4)25(27(24)38)18-31-35-29/h5,7,11,13,37-38H,6,8-10,12,14-19H2,1-4H3/b7-5+,20-11+,21-13+. The van der Waals surface area contributed by atoms with Crippen LogP contribution >= 0.6 is 0 Å². The lowest BCUT2D eigenvalue weighted by molar-refractivity contribution is 0.371. The van der Waals surface area contributed by atoms with Gasteiger partial charge in [-0.1, -0.05) is 56.0 Å². The molecule has 0 aliphatic carbocycles. The molecule has 12 heteroatoms. The lowest BCUT2D eigenvalue weighted by Crippen LogP contribution is -2.30. The summed E-state index contributed by atoms with van der Waals surface area (Å²) >= 11 is 0. The van der Waals surface area contributed by atoms with Gasteiger partial charge >= 0.3 is 0 Å². The first-order valence-corrected chi connectivity index (χ1v) is 13.3. The molecule has 216 valence electrons. The third-order valence-corrected chi connectivity index (χ3v) is 7.13. The van der Waals surface area contributed by atoms with E-state index in [0.29, 0.717) is 35.1 Å². The fourth-order valence-corrected chi connectivity index (χ4v) is 4.51. The van der Waals surface area contributed by atoms with E-state index < -0.39 is 5.54 Å². The second-order valence-electron chi connectivity index (χ2n) is 10.00. The molecule has 0 bridgehead atoms. The van der Waals surface area contributed by atoms with Gasteiger partial charge < -0.3 is 10.2 Å². The summed E-state index contributed by atoms with van der Waals surface area (Å²) < 4.78 is 0. The molecule has 1 aromatic carbocycles. The van der Waals surface area contributed by atoms with Gasteiger partial charge in [-0.05, 0) is 101 Å². The van der Waals surface area contributed by atoms with Gasteiger partial charge in [0.25, 0.3) is 0 Å². The molecule has 1 aromatic rings. The minimum absolute atomic E-state index is 0.00912. The molecular weight excluding hydrogens is 512 g/mol. The maximum Gasteiger partial charge on any atom is 0.122 e. The highest BCUT2D eigenvalue weighted by Gasteiger charge is 2.31. The van der Waals surface area contributed by atoms with E-state index in [1.165, 1.54) is 11.1 Å². The highest BCUT2D eigenvalue weighted by molar-refractivity contribution is 5.57. The van der Waals surface area contributed by atoms with Crippen LogP contribution in [0.2, 0.25) is 0 Å². The average Bonchev–Trinajstić information content (AvgIpc) is 2.94. The number of allylic oxidation sites excluding steroid dienone is 5. The van der Waals surface area contributed by atoms with Gasteiger partial charge in [0.15, 0.2) is 0 Å². The summed E-state index contributed by atoms with van der Waals surface area (Å²) in [5, 5.41) is 34.8. The van der Waals surface area contributed by atoms with E-state index in [1.807, 2.05) is 13.0 Å². The minimum atomic E-state index is -1.18. The van der Waals surface area contributed by atoms with Crippen molar-refractivity contribution >= 4 is 0 Å². The molecule has 12 nitrogen and oxygen atoms in total. The van der Waals surface area contributed by atoms with Gasteiger partial charge in [0, 0.05) is 21.0 Å². The fourth-order valence-electron chi connectivity index (χ4n) is 4.51. The SMILES string of the molecule is C/C(=C\CC/C(C)=C/CCC(CCc1c(C)c(O)c(C)c(CN=[N+]=[N-])c1O)(CN=[N+]=[N-])N=O)CC/C=C/CN=O. The second-order valence-corrected chi connectivity index (χ2v) is 10.00. The zero-order valence-corrected chi connectivity index (χ0v) is 23.9. The van der Waals surface area contributed by atoms with Gasteiger partial charge in [0.1, 0.15) is 17.0 Å². The van der Waals surface area contributed by atoms with Gasteiger partial charge in [0.2, 0.25) is 0 Å². The Morgan fingerprint density at radius 1 is 0.850 bits per heavy atom. The largest absolute Gasteiger partial charge is 0.507 e. The van der Waals surface area contributed by atoms with Crippen molar-refractivity contribution in [2.24, 2.45) is 20.6 Å². The molecule has 0 aliphatic rings. The number of hydrogen-bond acceptors (Lipinski definition) is 8. The molecule has 1 rings (SSSR count). The number of nitroso groups, excluding NO2 is 2. The summed E-state index contributed by atoms with van der Waals surface area (Å²) in [7, 11) is 0. The van der Waals surface area contributed by atoms with Gasteiger partial charge in [-0.25, -0.2) is 0 Å². The first kappa shape index (κ1) is 33.9. The van der Waals surface area contributed by atoms with Crippen LogP contribution in [0.4, 0.5) is 0 Å². The van der Waals surface area contributed by atoms with Crippen LogP contribution in [-0.2, 0) is 13.0 Å². The Bertz CT molecular complexity index is 1210. The van der Waals surface area contributed by atoms with Crippen molar-refractivity contribution in [2.75, 3.05) is 13.1 Å². The Hall–Kier alpha value is -4.14. The van der Waals surface area contributed by atoms with Gasteiger partial charge in [-0.2, -0.15) is 9.81 Å². The zero-order chi connectivity index (χ0) is 30.0. The van der Waals surface area contributed by atoms with Crippen LogP contribution in [0.25, 0.3) is 20.9 Å². The molecule has 0 aliphatic heterocycles. The topological polar surface area (TPSA) is 197 Å². The summed E-state index contributed by atoms with van der Waals surface area (Å²) in [6.07, 6.45) is 12.8. The molecule has 2 N–H and O–H groups in total. The number of benzene rings is 1. The maximum absolute atomic E-state index is 12.1. The van der Waals surface area contributed by atoms with Crippen LogP contribution < -0.4 is 0 Å². The van der Waals surface area contributed by atoms with Crippen LogP contribution in [0, 0.1) is 23.7 Å². The molecule has 40 heavy (non-hydrogen) atoms. The zero-order valence-electron chi connectivity index (χ0n) is 23.9. The van der Waals surface area contributed by atoms with Crippen LogP contribution in [0.5, 0.6) is 11.5 Å². The molecular formula is C28H40N8O4. The van der Waals surface area contributed by atoms with Crippen LogP contribution in [0.15, 0.2) is 56.0 Å². The molecule has 0 radical (unpaired) electrons. The van der Waals surface area contributed by atoms with Crippen molar-refractivity contribution in [3.05, 3.63) is 88.4 Å². The van der Waals surface area contributed by atoms with Crippen LogP contribution in [0.3, 0.4) is 0 Å². The predicted molar refractivity (Wildman–Crippen MR) is 158 cm³/mol. The third-order valence-electron chi connectivity index (χ3n) is 7.13. The molecule has 0 fully saturated rings. The monoisotopic (exact) mass is 552 g/mol. The van der Waals surface area contributed by atoms with E-state index in [1.54, 1.807) is 19.9 Å². The Balaban J connectivity index is 2.93. The smallest absolute Gasteiger partial charge is 0.122 e. The van der Waals surface area contributed by atoms with Crippen LogP contribution in [-0.4, -0.2) is 28.8 Å². The molecule has 1 unspecified atom stereocenters. The summed E-state index contributed by atoms with van der Waals surface area (Å²) in [5.41, 5.74) is 20.5.